The molecule has 0 radical (unpaired) electrons. The van der Waals surface area contributed by atoms with Crippen LogP contribution in [0, 0.1) is 0 Å². The summed E-state index contributed by atoms with van der Waals surface area (Å²) in [5.41, 5.74) is 3.91. The van der Waals surface area contributed by atoms with Crippen molar-refractivity contribution in [3.63, 3.8) is 0 Å². The second-order valence-electron chi connectivity index (χ2n) is 6.43. The molecule has 4 aliphatic heterocycles. The first kappa shape index (κ1) is 23.9. The van der Waals surface area contributed by atoms with Gasteiger partial charge in [0, 0.05) is 0 Å². The first-order valence-corrected chi connectivity index (χ1v) is 9.07. The second kappa shape index (κ2) is 10.6. The molecule has 0 saturated heterocycles. The molecule has 0 saturated carbocycles. The van der Waals surface area contributed by atoms with Crippen LogP contribution in [0.4, 0.5) is 22.7 Å². The van der Waals surface area contributed by atoms with E-state index in [1.165, 1.54) is 0 Å². The zero-order valence-corrected chi connectivity index (χ0v) is 19.7. The fourth-order valence-corrected chi connectivity index (χ4v) is 3.36. The minimum atomic E-state index is 0. The smallest absolute Gasteiger partial charge is 0.665 e. The van der Waals surface area contributed by atoms with Gasteiger partial charge in [0.2, 0.25) is 0 Å². The molecule has 2 aromatic carbocycles. The van der Waals surface area contributed by atoms with E-state index < -0.39 is 0 Å². The Balaban J connectivity index is 0.000000201. The molecule has 2 aromatic rings. The zero-order valence-electron chi connectivity index (χ0n) is 16.7. The molecular formula is C24H20N4O2Zn-2. The molecule has 0 atom stereocenters. The molecule has 31 heavy (non-hydrogen) atoms. The molecule has 0 amide bonds. The number of fused-ring (bicyclic) bond motifs is 6. The Morgan fingerprint density at radius 1 is 0.387 bits per heavy atom. The van der Waals surface area contributed by atoms with Gasteiger partial charge in [-0.1, -0.05) is 72.9 Å². The average molecular weight is 462 g/mol. The van der Waals surface area contributed by atoms with Gasteiger partial charge in [-0.05, 0) is 20.9 Å². The minimum Gasteiger partial charge on any atom is -0.665 e. The molecule has 152 valence electrons. The Kier molecular flexibility index (Phi) is 8.17. The predicted molar refractivity (Wildman–Crippen MR) is 125 cm³/mol. The van der Waals surface area contributed by atoms with Crippen molar-refractivity contribution in [2.24, 2.45) is 0 Å². The monoisotopic (exact) mass is 460 g/mol. The van der Waals surface area contributed by atoms with Gasteiger partial charge in [0.05, 0.1) is 0 Å². The van der Waals surface area contributed by atoms with E-state index in [0.717, 1.165) is 43.6 Å². The van der Waals surface area contributed by atoms with E-state index in [4.69, 9.17) is 0 Å². The number of nitrogens with zero attached hydrogens (tertiary/aromatic N) is 4. The summed E-state index contributed by atoms with van der Waals surface area (Å²) in [4.78, 5) is 0. The summed E-state index contributed by atoms with van der Waals surface area (Å²) in [5, 5.41) is 21.9. The van der Waals surface area contributed by atoms with Crippen LogP contribution in [0.15, 0.2) is 73.4 Å². The van der Waals surface area contributed by atoms with E-state index in [9.17, 15) is 0 Å². The Morgan fingerprint density at radius 3 is 0.839 bits per heavy atom. The standard InChI is InChI=1S/2C12H8N2.2H2O.Zn/c2*1-3-9-5-6-10-4-2-8-14-12(10)11(9)13-7-1;;;/h2*1-8H;2*1H2;/q2*-2;;;+2. The summed E-state index contributed by atoms with van der Waals surface area (Å²) < 4.78 is 0. The molecule has 0 aliphatic carbocycles. The van der Waals surface area contributed by atoms with E-state index >= 15 is 0 Å². The van der Waals surface area contributed by atoms with Crippen molar-refractivity contribution in [3.05, 3.63) is 116 Å². The fourth-order valence-electron chi connectivity index (χ4n) is 3.36. The normalized spacial score (nSPS) is 13.9. The number of hydrogen-bond donors (Lipinski definition) is 0. The van der Waals surface area contributed by atoms with Crippen molar-refractivity contribution < 1.29 is 30.4 Å². The van der Waals surface area contributed by atoms with Gasteiger partial charge < -0.3 is 32.2 Å². The molecular weight excluding hydrogens is 442 g/mol. The topological polar surface area (TPSA) is 119 Å². The molecule has 0 unspecified atom stereocenters. The van der Waals surface area contributed by atoms with Crippen molar-refractivity contribution in [3.8, 4) is 0 Å². The van der Waals surface area contributed by atoms with Crippen molar-refractivity contribution in [1.29, 1.82) is 0 Å². The summed E-state index contributed by atoms with van der Waals surface area (Å²) in [6.07, 6.45) is 23.2. The Hall–Kier alpha value is -3.38. The number of rotatable bonds is 0. The van der Waals surface area contributed by atoms with Gasteiger partial charge in [0.25, 0.3) is 0 Å². The van der Waals surface area contributed by atoms with E-state index in [-0.39, 0.29) is 30.4 Å². The van der Waals surface area contributed by atoms with Gasteiger partial charge in [-0.15, -0.1) is 22.7 Å². The van der Waals surface area contributed by atoms with E-state index in [2.05, 4.69) is 69.8 Å². The minimum absolute atomic E-state index is 0. The summed E-state index contributed by atoms with van der Waals surface area (Å²) in [7, 11) is 0. The average Bonchev–Trinajstić information content (AvgIpc) is 2.79. The van der Waals surface area contributed by atoms with Crippen molar-refractivity contribution in [2.45, 2.75) is 0 Å². The third-order valence-corrected chi connectivity index (χ3v) is 4.69. The third-order valence-electron chi connectivity index (χ3n) is 4.69. The predicted octanol–water partition coefficient (Wildman–Crippen LogP) is 2.97. The molecule has 0 bridgehead atoms. The maximum absolute atomic E-state index is 4.35. The SMILES string of the molecule is C1=C[N-]c2c3c(ccc2=C1)=CC=C[N-]3.C1=C[N-]c2c3c(ccc2=C1)=CC=C[N-]3.O.O.[Zn+2]. The zero-order chi connectivity index (χ0) is 18.8. The van der Waals surface area contributed by atoms with Crippen LogP contribution in [0.1, 0.15) is 0 Å². The van der Waals surface area contributed by atoms with Gasteiger partial charge in [-0.2, -0.15) is 24.8 Å². The molecule has 0 spiro atoms. The van der Waals surface area contributed by atoms with E-state index in [1.807, 2.05) is 24.3 Å². The molecule has 0 aromatic heterocycles. The van der Waals surface area contributed by atoms with Crippen LogP contribution in [0.2, 0.25) is 0 Å². The van der Waals surface area contributed by atoms with Crippen LogP contribution in [0.5, 0.6) is 0 Å². The Bertz CT molecular complexity index is 1120. The summed E-state index contributed by atoms with van der Waals surface area (Å²) in [6, 6.07) is 8.30. The van der Waals surface area contributed by atoms with Gasteiger partial charge >= 0.3 is 19.5 Å². The number of benzene rings is 2. The van der Waals surface area contributed by atoms with Crippen LogP contribution in [-0.4, -0.2) is 11.0 Å². The number of allylic oxidation sites excluding steroid dienone is 4. The fraction of sp³-hybridized carbons (Fsp3) is 0. The van der Waals surface area contributed by atoms with Gasteiger partial charge in [0.15, 0.2) is 0 Å². The van der Waals surface area contributed by atoms with Gasteiger partial charge in [-0.25, -0.2) is 0 Å². The molecule has 0 fully saturated rings. The van der Waals surface area contributed by atoms with Crippen LogP contribution in [-0.2, 0) is 19.5 Å². The molecule has 6 rings (SSSR count). The molecule has 6 nitrogen and oxygen atoms in total. The Labute approximate surface area is 192 Å². The van der Waals surface area contributed by atoms with Crippen LogP contribution in [0.25, 0.3) is 45.6 Å². The number of hydrogen-bond acceptors (Lipinski definition) is 0. The first-order chi connectivity index (χ1) is 13.9. The van der Waals surface area contributed by atoms with Crippen LogP contribution >= 0.6 is 0 Å². The van der Waals surface area contributed by atoms with E-state index in [0.29, 0.717) is 0 Å². The summed E-state index contributed by atoms with van der Waals surface area (Å²) >= 11 is 0. The third kappa shape index (κ3) is 4.70. The van der Waals surface area contributed by atoms with Gasteiger partial charge in [-0.3, -0.25) is 0 Å². The van der Waals surface area contributed by atoms with Gasteiger partial charge in [0.1, 0.15) is 0 Å². The van der Waals surface area contributed by atoms with Crippen molar-refractivity contribution >= 4 is 47.1 Å². The van der Waals surface area contributed by atoms with Crippen LogP contribution in [0.3, 0.4) is 0 Å². The van der Waals surface area contributed by atoms with Crippen LogP contribution < -0.4 is 20.9 Å². The first-order valence-electron chi connectivity index (χ1n) is 9.07. The Morgan fingerprint density at radius 2 is 0.613 bits per heavy atom. The molecule has 4 aliphatic rings. The molecule has 4 heterocycles. The molecule has 7 heteroatoms. The maximum Gasteiger partial charge on any atom is 2.00 e. The van der Waals surface area contributed by atoms with E-state index in [1.54, 1.807) is 24.8 Å². The maximum atomic E-state index is 4.35. The van der Waals surface area contributed by atoms with Crippen molar-refractivity contribution in [2.75, 3.05) is 0 Å². The quantitative estimate of drug-likeness (QED) is 0.536. The summed E-state index contributed by atoms with van der Waals surface area (Å²) in [6.45, 7) is 0. The second-order valence-corrected chi connectivity index (χ2v) is 6.43. The summed E-state index contributed by atoms with van der Waals surface area (Å²) in [5.74, 6) is 0. The van der Waals surface area contributed by atoms with Crippen molar-refractivity contribution in [1.82, 2.24) is 0 Å². The molecule has 4 N–H and O–H groups in total. The largest absolute Gasteiger partial charge is 2.00 e.